The minimum Gasteiger partial charge on any atom is -0.507 e. The molecule has 1 aliphatic rings. The Balaban J connectivity index is 1.99. The fraction of sp³-hybridized carbons (Fsp3) is 0.484. The van der Waals surface area contributed by atoms with E-state index in [4.69, 9.17) is 14.2 Å². The summed E-state index contributed by atoms with van der Waals surface area (Å²) in [5, 5.41) is 11.3. The summed E-state index contributed by atoms with van der Waals surface area (Å²) in [6.07, 6.45) is 5.22. The van der Waals surface area contributed by atoms with Gasteiger partial charge in [0.2, 0.25) is 0 Å². The molecule has 0 aromatic heterocycles. The van der Waals surface area contributed by atoms with E-state index in [0.717, 1.165) is 45.3 Å². The van der Waals surface area contributed by atoms with E-state index in [1.807, 2.05) is 0 Å². The average Bonchev–Trinajstić information content (AvgIpc) is 3.22. The van der Waals surface area contributed by atoms with Crippen LogP contribution in [0.2, 0.25) is 0 Å². The summed E-state index contributed by atoms with van der Waals surface area (Å²) in [6, 6.07) is 11.3. The molecule has 1 heterocycles. The summed E-state index contributed by atoms with van der Waals surface area (Å²) < 4.78 is 16.1. The van der Waals surface area contributed by atoms with E-state index in [1.165, 1.54) is 7.11 Å². The number of aliphatic hydroxyl groups is 1. The summed E-state index contributed by atoms with van der Waals surface area (Å²) in [7, 11) is 4.65. The fourth-order valence-electron chi connectivity index (χ4n) is 4.95. The minimum absolute atomic E-state index is 0.0613. The highest BCUT2D eigenvalue weighted by molar-refractivity contribution is 6.46. The number of likely N-dealkylation sites (tertiary alicyclic amines) is 1. The van der Waals surface area contributed by atoms with Gasteiger partial charge in [-0.3, -0.25) is 9.59 Å². The SMILES string of the molecule is CCCCN(CCCC)CCCN1C(=O)C(=O)C(=C(O)c2ccc(OC)cc2)C1c1ccc(OC)c(OC)c1. The number of ketones is 1. The van der Waals surface area contributed by atoms with Gasteiger partial charge in [-0.1, -0.05) is 32.8 Å². The van der Waals surface area contributed by atoms with E-state index in [1.54, 1.807) is 61.6 Å². The number of hydrogen-bond donors (Lipinski definition) is 1. The molecule has 8 heteroatoms. The maximum absolute atomic E-state index is 13.4. The van der Waals surface area contributed by atoms with Gasteiger partial charge in [0.1, 0.15) is 11.5 Å². The highest BCUT2D eigenvalue weighted by atomic mass is 16.5. The zero-order valence-corrected chi connectivity index (χ0v) is 23.9. The van der Waals surface area contributed by atoms with Gasteiger partial charge in [0.15, 0.2) is 11.5 Å². The van der Waals surface area contributed by atoms with Crippen molar-refractivity contribution in [3.05, 3.63) is 59.2 Å². The molecule has 1 atom stereocenters. The Morgan fingerprint density at radius 3 is 2.03 bits per heavy atom. The molecule has 0 saturated carbocycles. The number of Topliss-reactive ketones (excluding diaryl/α,β-unsaturated/α-hetero) is 1. The summed E-state index contributed by atoms with van der Waals surface area (Å²) >= 11 is 0. The van der Waals surface area contributed by atoms with Crippen LogP contribution in [0.15, 0.2) is 48.0 Å². The average molecular weight is 539 g/mol. The second-order valence-electron chi connectivity index (χ2n) is 9.74. The molecule has 212 valence electrons. The van der Waals surface area contributed by atoms with Gasteiger partial charge in [0, 0.05) is 12.1 Å². The molecule has 3 rings (SSSR count). The molecule has 2 aromatic carbocycles. The van der Waals surface area contributed by atoms with E-state index in [9.17, 15) is 14.7 Å². The van der Waals surface area contributed by atoms with Gasteiger partial charge in [0.25, 0.3) is 11.7 Å². The molecule has 1 N–H and O–H groups in total. The third-order valence-electron chi connectivity index (χ3n) is 7.16. The first kappa shape index (κ1) is 30.0. The number of benzene rings is 2. The van der Waals surface area contributed by atoms with Crippen molar-refractivity contribution in [3.8, 4) is 17.2 Å². The van der Waals surface area contributed by atoms with Gasteiger partial charge >= 0.3 is 0 Å². The zero-order valence-electron chi connectivity index (χ0n) is 23.9. The Hall–Kier alpha value is -3.52. The quantitative estimate of drug-likeness (QED) is 0.184. The molecule has 1 fully saturated rings. The number of carbonyl (C=O) groups is 2. The molecule has 8 nitrogen and oxygen atoms in total. The van der Waals surface area contributed by atoms with Gasteiger partial charge in [-0.2, -0.15) is 0 Å². The first-order valence-electron chi connectivity index (χ1n) is 13.8. The van der Waals surface area contributed by atoms with Gasteiger partial charge in [-0.05, 0) is 80.9 Å². The lowest BCUT2D eigenvalue weighted by Gasteiger charge is -2.28. The van der Waals surface area contributed by atoms with Crippen molar-refractivity contribution < 1.29 is 28.9 Å². The molecule has 39 heavy (non-hydrogen) atoms. The third kappa shape index (κ3) is 7.12. The fourth-order valence-corrected chi connectivity index (χ4v) is 4.95. The molecule has 2 aromatic rings. The predicted octanol–water partition coefficient (Wildman–Crippen LogP) is 5.43. The number of carbonyl (C=O) groups excluding carboxylic acids is 2. The van der Waals surface area contributed by atoms with E-state index in [-0.39, 0.29) is 11.3 Å². The van der Waals surface area contributed by atoms with Gasteiger partial charge in [-0.15, -0.1) is 0 Å². The number of unbranched alkanes of at least 4 members (excludes halogenated alkanes) is 2. The third-order valence-corrected chi connectivity index (χ3v) is 7.16. The smallest absolute Gasteiger partial charge is 0.295 e. The summed E-state index contributed by atoms with van der Waals surface area (Å²) in [6.45, 7) is 7.63. The normalized spacial score (nSPS) is 16.7. The molecular weight excluding hydrogens is 496 g/mol. The van der Waals surface area contributed by atoms with Gasteiger partial charge in [0.05, 0.1) is 32.9 Å². The number of amides is 1. The van der Waals surface area contributed by atoms with Crippen LogP contribution in [0.5, 0.6) is 17.2 Å². The van der Waals surface area contributed by atoms with Crippen LogP contribution in [0.25, 0.3) is 5.76 Å². The van der Waals surface area contributed by atoms with Crippen LogP contribution in [0.3, 0.4) is 0 Å². The van der Waals surface area contributed by atoms with Crippen molar-refractivity contribution in [2.45, 2.75) is 52.0 Å². The standard InChI is InChI=1S/C31H42N2O6/c1-6-8-17-32(18-9-7-2)19-10-20-33-28(23-13-16-25(38-4)26(21-23)39-5)27(30(35)31(33)36)29(34)22-11-14-24(37-3)15-12-22/h11-16,21,28,34H,6-10,17-20H2,1-5H3. The number of nitrogens with zero attached hydrogens (tertiary/aromatic N) is 2. The summed E-state index contributed by atoms with van der Waals surface area (Å²) in [5.74, 6) is 0.117. The molecule has 0 bridgehead atoms. The van der Waals surface area contributed by atoms with E-state index < -0.39 is 17.7 Å². The minimum atomic E-state index is -0.758. The van der Waals surface area contributed by atoms with E-state index in [0.29, 0.717) is 41.3 Å². The lowest BCUT2D eigenvalue weighted by Crippen LogP contribution is -2.34. The summed E-state index contributed by atoms with van der Waals surface area (Å²) in [4.78, 5) is 30.8. The predicted molar refractivity (Wildman–Crippen MR) is 152 cm³/mol. The molecule has 0 aliphatic carbocycles. The van der Waals surface area contributed by atoms with Crippen molar-refractivity contribution >= 4 is 17.4 Å². The lowest BCUT2D eigenvalue weighted by molar-refractivity contribution is -0.140. The number of hydrogen-bond acceptors (Lipinski definition) is 7. The van der Waals surface area contributed by atoms with Crippen LogP contribution in [0.1, 0.15) is 63.1 Å². The van der Waals surface area contributed by atoms with Gasteiger partial charge < -0.3 is 29.1 Å². The van der Waals surface area contributed by atoms with Crippen LogP contribution in [0.4, 0.5) is 0 Å². The Morgan fingerprint density at radius 2 is 1.46 bits per heavy atom. The van der Waals surface area contributed by atoms with Crippen molar-refractivity contribution in [1.82, 2.24) is 9.80 Å². The molecule has 1 unspecified atom stereocenters. The van der Waals surface area contributed by atoms with E-state index >= 15 is 0 Å². The van der Waals surface area contributed by atoms with Crippen LogP contribution in [-0.2, 0) is 9.59 Å². The van der Waals surface area contributed by atoms with Crippen molar-refractivity contribution in [3.63, 3.8) is 0 Å². The largest absolute Gasteiger partial charge is 0.507 e. The maximum atomic E-state index is 13.4. The first-order chi connectivity index (χ1) is 18.9. The number of ether oxygens (including phenoxy) is 3. The van der Waals surface area contributed by atoms with E-state index in [2.05, 4.69) is 18.7 Å². The van der Waals surface area contributed by atoms with Crippen molar-refractivity contribution in [2.24, 2.45) is 0 Å². The van der Waals surface area contributed by atoms with Crippen molar-refractivity contribution in [1.29, 1.82) is 0 Å². The molecule has 0 radical (unpaired) electrons. The van der Waals surface area contributed by atoms with Crippen LogP contribution in [0, 0.1) is 0 Å². The Labute approximate surface area is 232 Å². The highest BCUT2D eigenvalue weighted by Crippen LogP contribution is 2.42. The topological polar surface area (TPSA) is 88.5 Å². The van der Waals surface area contributed by atoms with Crippen LogP contribution < -0.4 is 14.2 Å². The van der Waals surface area contributed by atoms with Crippen LogP contribution in [-0.4, -0.2) is 74.1 Å². The highest BCUT2D eigenvalue weighted by Gasteiger charge is 2.46. The summed E-state index contributed by atoms with van der Waals surface area (Å²) in [5.41, 5.74) is 1.16. The second-order valence-corrected chi connectivity index (χ2v) is 9.74. The maximum Gasteiger partial charge on any atom is 0.295 e. The number of methoxy groups -OCH3 is 3. The number of rotatable bonds is 15. The monoisotopic (exact) mass is 538 g/mol. The first-order valence-corrected chi connectivity index (χ1v) is 13.8. The Morgan fingerprint density at radius 1 is 0.846 bits per heavy atom. The zero-order chi connectivity index (χ0) is 28.4. The Kier molecular flexibility index (Phi) is 11.2. The molecule has 0 spiro atoms. The van der Waals surface area contributed by atoms with Gasteiger partial charge in [-0.25, -0.2) is 0 Å². The molecule has 1 aliphatic heterocycles. The second kappa shape index (κ2) is 14.6. The van der Waals surface area contributed by atoms with Crippen LogP contribution >= 0.6 is 0 Å². The molecule has 1 saturated heterocycles. The Bertz CT molecular complexity index is 1140. The lowest BCUT2D eigenvalue weighted by atomic mass is 9.95. The van der Waals surface area contributed by atoms with Crippen molar-refractivity contribution in [2.75, 3.05) is 47.5 Å². The molecular formula is C31H42N2O6. The number of aliphatic hydroxyl groups excluding tert-OH is 1. The molecule has 1 amide bonds.